The van der Waals surface area contributed by atoms with Crippen molar-refractivity contribution in [2.24, 2.45) is 5.92 Å². The Hall–Kier alpha value is -1.39. The van der Waals surface area contributed by atoms with Gasteiger partial charge in [-0.05, 0) is 29.9 Å². The summed E-state index contributed by atoms with van der Waals surface area (Å²) in [5.74, 6) is 0.601. The minimum atomic E-state index is -0.0963. The first-order valence-corrected chi connectivity index (χ1v) is 7.75. The monoisotopic (exact) mass is 291 g/mol. The van der Waals surface area contributed by atoms with Crippen molar-refractivity contribution in [1.82, 2.24) is 5.32 Å². The van der Waals surface area contributed by atoms with Crippen molar-refractivity contribution in [2.45, 2.75) is 51.9 Å². The molecule has 116 valence electrons. The molecule has 4 nitrogen and oxygen atoms in total. The molecule has 0 spiro atoms. The molecule has 2 N–H and O–H groups in total. The van der Waals surface area contributed by atoms with Gasteiger partial charge >= 0.3 is 0 Å². The molecule has 2 atom stereocenters. The number of benzene rings is 1. The van der Waals surface area contributed by atoms with E-state index in [-0.39, 0.29) is 25.2 Å². The van der Waals surface area contributed by atoms with Crippen LogP contribution in [0.15, 0.2) is 24.3 Å². The van der Waals surface area contributed by atoms with Crippen LogP contribution in [0.1, 0.15) is 43.7 Å². The molecule has 1 aliphatic rings. The highest BCUT2D eigenvalue weighted by molar-refractivity contribution is 5.77. The summed E-state index contributed by atoms with van der Waals surface area (Å²) in [5.41, 5.74) is 1.79. The molecule has 1 saturated carbocycles. The minimum Gasteiger partial charge on any atom is -0.392 e. The van der Waals surface area contributed by atoms with Gasteiger partial charge in [-0.25, -0.2) is 0 Å². The first kappa shape index (κ1) is 16.0. The van der Waals surface area contributed by atoms with Crippen LogP contribution in [-0.4, -0.2) is 23.7 Å². The maximum absolute atomic E-state index is 11.8. The Kier molecular flexibility index (Phi) is 6.21. The lowest BCUT2D eigenvalue weighted by Crippen LogP contribution is -2.31. The van der Waals surface area contributed by atoms with Crippen LogP contribution in [0.2, 0.25) is 0 Å². The summed E-state index contributed by atoms with van der Waals surface area (Å²) < 4.78 is 5.70. The molecular formula is C17H25NO3. The summed E-state index contributed by atoms with van der Waals surface area (Å²) >= 11 is 0. The van der Waals surface area contributed by atoms with E-state index < -0.39 is 0 Å². The fourth-order valence-corrected chi connectivity index (χ4v) is 2.85. The Morgan fingerprint density at radius 2 is 2.10 bits per heavy atom. The third-order valence-electron chi connectivity index (χ3n) is 4.10. The van der Waals surface area contributed by atoms with E-state index >= 15 is 0 Å². The van der Waals surface area contributed by atoms with Gasteiger partial charge < -0.3 is 15.2 Å². The molecule has 1 amide bonds. The Labute approximate surface area is 126 Å². The number of carbonyl (C=O) groups is 1. The molecule has 0 heterocycles. The Balaban J connectivity index is 1.72. The van der Waals surface area contributed by atoms with E-state index in [9.17, 15) is 9.90 Å². The van der Waals surface area contributed by atoms with E-state index in [1.54, 1.807) is 0 Å². The van der Waals surface area contributed by atoms with Crippen molar-refractivity contribution in [1.29, 1.82) is 0 Å². The molecule has 2 unspecified atom stereocenters. The summed E-state index contributed by atoms with van der Waals surface area (Å²) in [7, 11) is 0. The van der Waals surface area contributed by atoms with Crippen molar-refractivity contribution in [3.05, 3.63) is 35.4 Å². The molecule has 0 aromatic heterocycles. The van der Waals surface area contributed by atoms with E-state index in [0.29, 0.717) is 12.5 Å². The predicted molar refractivity (Wildman–Crippen MR) is 81.6 cm³/mol. The third-order valence-corrected chi connectivity index (χ3v) is 4.10. The Bertz CT molecular complexity index is 461. The van der Waals surface area contributed by atoms with Gasteiger partial charge in [-0.15, -0.1) is 0 Å². The standard InChI is InChI=1S/C17H25NO3/c1-13-5-4-8-16(9-13)21-12-17(20)18-10-14-6-2-3-7-15(14)11-19/h2-3,6-7,13,16,19H,4-5,8-12H2,1H3,(H,18,20). The third kappa shape index (κ3) is 5.14. The Morgan fingerprint density at radius 1 is 1.33 bits per heavy atom. The number of hydrogen-bond acceptors (Lipinski definition) is 3. The van der Waals surface area contributed by atoms with E-state index in [0.717, 1.165) is 24.0 Å². The predicted octanol–water partition coefficient (Wildman–Crippen LogP) is 2.39. The SMILES string of the molecule is CC1CCCC(OCC(=O)NCc2ccccc2CO)C1. The van der Waals surface area contributed by atoms with Gasteiger partial charge in [0.05, 0.1) is 12.7 Å². The number of ether oxygens (including phenoxy) is 1. The quantitative estimate of drug-likeness (QED) is 0.846. The average Bonchev–Trinajstić information content (AvgIpc) is 2.51. The molecular weight excluding hydrogens is 266 g/mol. The van der Waals surface area contributed by atoms with Crippen molar-refractivity contribution in [2.75, 3.05) is 6.61 Å². The van der Waals surface area contributed by atoms with Gasteiger partial charge in [-0.2, -0.15) is 0 Å². The molecule has 4 heteroatoms. The highest BCUT2D eigenvalue weighted by atomic mass is 16.5. The van der Waals surface area contributed by atoms with Gasteiger partial charge in [0.25, 0.3) is 0 Å². The molecule has 0 radical (unpaired) electrons. The van der Waals surface area contributed by atoms with Crippen LogP contribution in [0.25, 0.3) is 0 Å². The maximum atomic E-state index is 11.8. The summed E-state index contributed by atoms with van der Waals surface area (Å²) in [5, 5.41) is 12.1. The molecule has 0 aliphatic heterocycles. The van der Waals surface area contributed by atoms with Gasteiger partial charge in [0.1, 0.15) is 6.61 Å². The fourth-order valence-electron chi connectivity index (χ4n) is 2.85. The maximum Gasteiger partial charge on any atom is 0.246 e. The highest BCUT2D eigenvalue weighted by Gasteiger charge is 2.20. The van der Waals surface area contributed by atoms with Crippen LogP contribution < -0.4 is 5.32 Å². The first-order chi connectivity index (χ1) is 10.2. The number of carbonyl (C=O) groups excluding carboxylic acids is 1. The summed E-state index contributed by atoms with van der Waals surface area (Å²) in [4.78, 5) is 11.8. The second-order valence-electron chi connectivity index (χ2n) is 5.91. The van der Waals surface area contributed by atoms with Crippen molar-refractivity contribution >= 4 is 5.91 Å². The second kappa shape index (κ2) is 8.15. The van der Waals surface area contributed by atoms with Gasteiger partial charge in [0.2, 0.25) is 5.91 Å². The normalized spacial score (nSPS) is 22.0. The number of hydrogen-bond donors (Lipinski definition) is 2. The van der Waals surface area contributed by atoms with Crippen LogP contribution in [0, 0.1) is 5.92 Å². The Morgan fingerprint density at radius 3 is 2.81 bits per heavy atom. The molecule has 1 aromatic rings. The molecule has 2 rings (SSSR count). The molecule has 0 saturated heterocycles. The van der Waals surface area contributed by atoms with Crippen molar-refractivity contribution < 1.29 is 14.6 Å². The molecule has 1 fully saturated rings. The topological polar surface area (TPSA) is 58.6 Å². The number of aliphatic hydroxyl groups is 1. The van der Waals surface area contributed by atoms with Crippen LogP contribution in [0.5, 0.6) is 0 Å². The first-order valence-electron chi connectivity index (χ1n) is 7.75. The average molecular weight is 291 g/mol. The zero-order chi connectivity index (χ0) is 15.1. The molecule has 1 aliphatic carbocycles. The number of rotatable bonds is 6. The van der Waals surface area contributed by atoms with Gasteiger partial charge in [0, 0.05) is 6.54 Å². The highest BCUT2D eigenvalue weighted by Crippen LogP contribution is 2.25. The lowest BCUT2D eigenvalue weighted by Gasteiger charge is -2.26. The zero-order valence-corrected chi connectivity index (χ0v) is 12.7. The zero-order valence-electron chi connectivity index (χ0n) is 12.7. The van der Waals surface area contributed by atoms with Gasteiger partial charge in [-0.3, -0.25) is 4.79 Å². The number of nitrogens with one attached hydrogen (secondary N) is 1. The summed E-state index contributed by atoms with van der Waals surface area (Å²) in [6.45, 7) is 2.78. The second-order valence-corrected chi connectivity index (χ2v) is 5.91. The summed E-state index contributed by atoms with van der Waals surface area (Å²) in [6.07, 6.45) is 4.80. The van der Waals surface area contributed by atoms with E-state index in [4.69, 9.17) is 4.74 Å². The van der Waals surface area contributed by atoms with E-state index in [2.05, 4.69) is 12.2 Å². The van der Waals surface area contributed by atoms with Crippen LogP contribution in [0.4, 0.5) is 0 Å². The largest absolute Gasteiger partial charge is 0.392 e. The molecule has 0 bridgehead atoms. The van der Waals surface area contributed by atoms with Crippen LogP contribution in [0.3, 0.4) is 0 Å². The number of amides is 1. The molecule has 21 heavy (non-hydrogen) atoms. The van der Waals surface area contributed by atoms with Gasteiger partial charge in [-0.1, -0.05) is 44.0 Å². The van der Waals surface area contributed by atoms with Crippen LogP contribution >= 0.6 is 0 Å². The summed E-state index contributed by atoms with van der Waals surface area (Å²) in [6, 6.07) is 7.56. The van der Waals surface area contributed by atoms with Crippen molar-refractivity contribution in [3.63, 3.8) is 0 Å². The minimum absolute atomic E-state index is 0.0114. The van der Waals surface area contributed by atoms with Crippen LogP contribution in [-0.2, 0) is 22.7 Å². The molecule has 1 aromatic carbocycles. The lowest BCUT2D eigenvalue weighted by atomic mass is 9.89. The fraction of sp³-hybridized carbons (Fsp3) is 0.588. The van der Waals surface area contributed by atoms with E-state index in [1.807, 2.05) is 24.3 Å². The van der Waals surface area contributed by atoms with Gasteiger partial charge in [0.15, 0.2) is 0 Å². The smallest absolute Gasteiger partial charge is 0.246 e. The number of aliphatic hydroxyl groups excluding tert-OH is 1. The lowest BCUT2D eigenvalue weighted by molar-refractivity contribution is -0.128. The van der Waals surface area contributed by atoms with Crippen molar-refractivity contribution in [3.8, 4) is 0 Å². The van der Waals surface area contributed by atoms with E-state index in [1.165, 1.54) is 12.8 Å².